The minimum atomic E-state index is -0.313. The van der Waals surface area contributed by atoms with Crippen molar-refractivity contribution in [1.82, 2.24) is 0 Å². The van der Waals surface area contributed by atoms with Crippen LogP contribution < -0.4 is 0 Å². The third-order valence-electron chi connectivity index (χ3n) is 2.96. The Morgan fingerprint density at radius 3 is 2.48 bits per heavy atom. The Balaban J connectivity index is 2.29. The number of carbonyl (C=O) groups excluding carboxylic acids is 1. The van der Waals surface area contributed by atoms with Crippen molar-refractivity contribution in [3.63, 3.8) is 0 Å². The van der Waals surface area contributed by atoms with Gasteiger partial charge in [-0.2, -0.15) is 0 Å². The van der Waals surface area contributed by atoms with E-state index in [9.17, 15) is 4.79 Å². The molecule has 0 amide bonds. The number of benzene rings is 1. The Kier molecular flexibility index (Phi) is 7.88. The molecule has 0 saturated carbocycles. The number of rotatable bonds is 7. The van der Waals surface area contributed by atoms with Gasteiger partial charge in [-0.3, -0.25) is 0 Å². The van der Waals surface area contributed by atoms with E-state index in [0.29, 0.717) is 6.61 Å². The molecule has 0 aliphatic rings. The van der Waals surface area contributed by atoms with Crippen molar-refractivity contribution in [2.75, 3.05) is 6.61 Å². The van der Waals surface area contributed by atoms with Gasteiger partial charge in [-0.25, -0.2) is 4.79 Å². The number of ether oxygens (including phenoxy) is 1. The second-order valence-electron chi connectivity index (χ2n) is 5.24. The number of hydrogen-bond acceptors (Lipinski definition) is 2. The summed E-state index contributed by atoms with van der Waals surface area (Å²) in [7, 11) is 0. The quantitative estimate of drug-likeness (QED) is 0.403. The molecule has 1 aromatic rings. The van der Waals surface area contributed by atoms with Gasteiger partial charge in [0.2, 0.25) is 0 Å². The Labute approximate surface area is 127 Å². The van der Waals surface area contributed by atoms with Crippen molar-refractivity contribution < 1.29 is 9.53 Å². The lowest BCUT2D eigenvalue weighted by Gasteiger charge is -2.01. The molecule has 2 nitrogen and oxygen atoms in total. The van der Waals surface area contributed by atoms with Crippen LogP contribution in [0.4, 0.5) is 0 Å². The van der Waals surface area contributed by atoms with Crippen LogP contribution in [-0.2, 0) is 9.53 Å². The van der Waals surface area contributed by atoms with Crippen LogP contribution in [0.3, 0.4) is 0 Å². The topological polar surface area (TPSA) is 26.3 Å². The zero-order chi connectivity index (χ0) is 15.5. The van der Waals surface area contributed by atoms with Crippen LogP contribution in [-0.4, -0.2) is 12.6 Å². The minimum Gasteiger partial charge on any atom is -0.458 e. The zero-order valence-corrected chi connectivity index (χ0v) is 13.1. The number of allylic oxidation sites excluding steroid dienone is 3. The van der Waals surface area contributed by atoms with Crippen LogP contribution in [0.1, 0.15) is 39.2 Å². The molecule has 0 aliphatic heterocycles. The molecule has 0 N–H and O–H groups in total. The van der Waals surface area contributed by atoms with Gasteiger partial charge in [0.05, 0.1) is 0 Å². The van der Waals surface area contributed by atoms with Crippen molar-refractivity contribution in [2.45, 2.75) is 33.6 Å². The van der Waals surface area contributed by atoms with Crippen molar-refractivity contribution in [2.24, 2.45) is 0 Å². The summed E-state index contributed by atoms with van der Waals surface area (Å²) >= 11 is 0. The first-order chi connectivity index (χ1) is 10.1. The molecule has 0 bridgehead atoms. The molecule has 0 aromatic heterocycles. The van der Waals surface area contributed by atoms with Gasteiger partial charge in [-0.1, -0.05) is 47.6 Å². The molecule has 112 valence electrons. The lowest BCUT2D eigenvalue weighted by molar-refractivity contribution is -0.136. The largest absolute Gasteiger partial charge is 0.458 e. The summed E-state index contributed by atoms with van der Waals surface area (Å²) in [4.78, 5) is 11.6. The van der Waals surface area contributed by atoms with E-state index in [1.54, 1.807) is 6.08 Å². The van der Waals surface area contributed by atoms with Gasteiger partial charge in [0.25, 0.3) is 0 Å². The second-order valence-corrected chi connectivity index (χ2v) is 5.24. The molecule has 0 aliphatic carbocycles. The van der Waals surface area contributed by atoms with Crippen LogP contribution in [0.5, 0.6) is 0 Å². The van der Waals surface area contributed by atoms with Gasteiger partial charge in [0.1, 0.15) is 6.61 Å². The Morgan fingerprint density at radius 2 is 1.81 bits per heavy atom. The predicted octanol–water partition coefficient (Wildman–Crippen LogP) is 4.94. The van der Waals surface area contributed by atoms with Crippen LogP contribution >= 0.6 is 0 Å². The van der Waals surface area contributed by atoms with Gasteiger partial charge < -0.3 is 4.74 Å². The van der Waals surface area contributed by atoms with E-state index in [4.69, 9.17) is 4.74 Å². The molecule has 21 heavy (non-hydrogen) atoms. The van der Waals surface area contributed by atoms with E-state index < -0.39 is 0 Å². The average Bonchev–Trinajstić information content (AvgIpc) is 2.46. The van der Waals surface area contributed by atoms with E-state index in [1.807, 2.05) is 36.4 Å². The molecule has 0 saturated heterocycles. The zero-order valence-electron chi connectivity index (χ0n) is 13.1. The highest BCUT2D eigenvalue weighted by atomic mass is 16.5. The normalized spacial score (nSPS) is 11.5. The van der Waals surface area contributed by atoms with Crippen LogP contribution in [0.15, 0.2) is 59.7 Å². The lowest BCUT2D eigenvalue weighted by atomic mass is 10.1. The Morgan fingerprint density at radius 1 is 1.10 bits per heavy atom. The van der Waals surface area contributed by atoms with E-state index in [-0.39, 0.29) is 5.97 Å². The van der Waals surface area contributed by atoms with E-state index in [2.05, 4.69) is 26.8 Å². The Bertz CT molecular complexity index is 518. The highest BCUT2D eigenvalue weighted by Gasteiger charge is 1.95. The van der Waals surface area contributed by atoms with Crippen molar-refractivity contribution in [1.29, 1.82) is 0 Å². The summed E-state index contributed by atoms with van der Waals surface area (Å²) in [5, 5.41) is 0. The lowest BCUT2D eigenvalue weighted by Crippen LogP contribution is -2.00. The van der Waals surface area contributed by atoms with Crippen LogP contribution in [0, 0.1) is 0 Å². The highest BCUT2D eigenvalue weighted by molar-refractivity contribution is 5.87. The maximum atomic E-state index is 11.6. The average molecular weight is 284 g/mol. The minimum absolute atomic E-state index is 0.313. The monoisotopic (exact) mass is 284 g/mol. The Hall–Kier alpha value is -2.09. The van der Waals surface area contributed by atoms with Gasteiger partial charge in [0.15, 0.2) is 0 Å². The third kappa shape index (κ3) is 8.64. The first kappa shape index (κ1) is 17.0. The van der Waals surface area contributed by atoms with Gasteiger partial charge in [0, 0.05) is 6.08 Å². The molecular formula is C19H24O2. The summed E-state index contributed by atoms with van der Waals surface area (Å²) in [5.41, 5.74) is 3.57. The molecule has 0 unspecified atom stereocenters. The fourth-order valence-corrected chi connectivity index (χ4v) is 1.73. The SMILES string of the molecule is CC(C)=CCC/C(C)=C\COC(=O)/C=C/c1ccccc1. The third-order valence-corrected chi connectivity index (χ3v) is 2.96. The smallest absolute Gasteiger partial charge is 0.331 e. The fraction of sp³-hybridized carbons (Fsp3) is 0.316. The van der Waals surface area contributed by atoms with Crippen molar-refractivity contribution in [3.05, 3.63) is 65.3 Å². The van der Waals surface area contributed by atoms with E-state index >= 15 is 0 Å². The summed E-state index contributed by atoms with van der Waals surface area (Å²) < 4.78 is 5.14. The molecule has 2 heteroatoms. The predicted molar refractivity (Wildman–Crippen MR) is 88.9 cm³/mol. The molecule has 0 heterocycles. The van der Waals surface area contributed by atoms with Crippen LogP contribution in [0.2, 0.25) is 0 Å². The summed E-state index contributed by atoms with van der Waals surface area (Å²) in [6.07, 6.45) is 9.43. The summed E-state index contributed by atoms with van der Waals surface area (Å²) in [6, 6.07) is 9.69. The number of hydrogen-bond donors (Lipinski definition) is 0. The molecular weight excluding hydrogens is 260 g/mol. The fourth-order valence-electron chi connectivity index (χ4n) is 1.73. The molecule has 0 spiro atoms. The van der Waals surface area contributed by atoms with E-state index in [1.165, 1.54) is 17.2 Å². The van der Waals surface area contributed by atoms with Crippen molar-refractivity contribution >= 4 is 12.0 Å². The van der Waals surface area contributed by atoms with Gasteiger partial charge in [-0.05, 0) is 51.3 Å². The second kappa shape index (κ2) is 9.76. The maximum absolute atomic E-state index is 11.6. The first-order valence-electron chi connectivity index (χ1n) is 7.27. The highest BCUT2D eigenvalue weighted by Crippen LogP contribution is 2.06. The summed E-state index contributed by atoms with van der Waals surface area (Å²) in [5.74, 6) is -0.313. The molecule has 0 fully saturated rings. The number of esters is 1. The van der Waals surface area contributed by atoms with Crippen LogP contribution in [0.25, 0.3) is 6.08 Å². The standard InChI is InChI=1S/C19H24O2/c1-16(2)8-7-9-17(3)14-15-21-19(20)13-12-18-10-5-4-6-11-18/h4-6,8,10-14H,7,9,15H2,1-3H3/b13-12+,17-14-. The van der Waals surface area contributed by atoms with Crippen molar-refractivity contribution in [3.8, 4) is 0 Å². The molecule has 1 aromatic carbocycles. The summed E-state index contributed by atoms with van der Waals surface area (Å²) in [6.45, 7) is 6.59. The number of carbonyl (C=O) groups is 1. The maximum Gasteiger partial charge on any atom is 0.331 e. The van der Waals surface area contributed by atoms with Gasteiger partial charge >= 0.3 is 5.97 Å². The van der Waals surface area contributed by atoms with E-state index in [0.717, 1.165) is 18.4 Å². The first-order valence-corrected chi connectivity index (χ1v) is 7.27. The molecule has 0 atom stereocenters. The van der Waals surface area contributed by atoms with Gasteiger partial charge in [-0.15, -0.1) is 0 Å². The molecule has 1 rings (SSSR count). The molecule has 0 radical (unpaired) electrons.